The van der Waals surface area contributed by atoms with Crippen molar-refractivity contribution in [3.8, 4) is 0 Å². The summed E-state index contributed by atoms with van der Waals surface area (Å²) in [5.74, 6) is 2.81. The molecule has 3 atom stereocenters. The standard InChI is InChI=1S/C16H34N2S/c1-12(2)9-15-11-18(14(5)7-8-19-6)16(10-17-15)13(3)4/h12-17H,7-11H2,1-6H3. The van der Waals surface area contributed by atoms with Crippen LogP contribution in [0.3, 0.4) is 0 Å². The Morgan fingerprint density at radius 1 is 1.21 bits per heavy atom. The Bertz CT molecular complexity index is 243. The summed E-state index contributed by atoms with van der Waals surface area (Å²) in [7, 11) is 0. The summed E-state index contributed by atoms with van der Waals surface area (Å²) in [5.41, 5.74) is 0. The highest BCUT2D eigenvalue weighted by molar-refractivity contribution is 7.98. The Balaban J connectivity index is 2.61. The van der Waals surface area contributed by atoms with Crippen molar-refractivity contribution in [2.75, 3.05) is 25.1 Å². The van der Waals surface area contributed by atoms with Gasteiger partial charge in [0.1, 0.15) is 0 Å². The molecule has 0 aliphatic carbocycles. The van der Waals surface area contributed by atoms with Crippen molar-refractivity contribution < 1.29 is 0 Å². The van der Waals surface area contributed by atoms with E-state index in [9.17, 15) is 0 Å². The molecule has 0 spiro atoms. The topological polar surface area (TPSA) is 15.3 Å². The lowest BCUT2D eigenvalue weighted by Gasteiger charge is -2.46. The molecule has 0 aromatic carbocycles. The second-order valence-corrected chi connectivity index (χ2v) is 7.86. The van der Waals surface area contributed by atoms with Gasteiger partial charge in [0.25, 0.3) is 0 Å². The van der Waals surface area contributed by atoms with Crippen molar-refractivity contribution in [1.29, 1.82) is 0 Å². The van der Waals surface area contributed by atoms with Crippen LogP contribution in [0.4, 0.5) is 0 Å². The fourth-order valence-corrected chi connectivity index (χ4v) is 3.74. The molecule has 1 saturated heterocycles. The first kappa shape index (κ1) is 17.3. The minimum Gasteiger partial charge on any atom is -0.311 e. The molecule has 1 aliphatic heterocycles. The van der Waals surface area contributed by atoms with Crippen molar-refractivity contribution in [1.82, 2.24) is 10.2 Å². The largest absolute Gasteiger partial charge is 0.311 e. The van der Waals surface area contributed by atoms with E-state index in [1.807, 2.05) is 11.8 Å². The van der Waals surface area contributed by atoms with E-state index in [1.54, 1.807) is 0 Å². The minimum absolute atomic E-state index is 0.687. The predicted octanol–water partition coefficient (Wildman–Crippen LogP) is 3.47. The van der Waals surface area contributed by atoms with Crippen LogP contribution in [0.15, 0.2) is 0 Å². The van der Waals surface area contributed by atoms with Crippen molar-refractivity contribution in [2.24, 2.45) is 11.8 Å². The lowest BCUT2D eigenvalue weighted by molar-refractivity contribution is 0.0565. The van der Waals surface area contributed by atoms with Crippen LogP contribution in [-0.2, 0) is 0 Å². The number of hydrogen-bond acceptors (Lipinski definition) is 3. The lowest BCUT2D eigenvalue weighted by atomic mass is 9.93. The maximum atomic E-state index is 3.78. The van der Waals surface area contributed by atoms with Crippen LogP contribution < -0.4 is 5.32 Å². The first-order valence-corrected chi connectivity index (χ1v) is 9.33. The first-order valence-electron chi connectivity index (χ1n) is 7.93. The third-order valence-electron chi connectivity index (χ3n) is 4.30. The average Bonchev–Trinajstić information content (AvgIpc) is 2.34. The van der Waals surface area contributed by atoms with E-state index in [4.69, 9.17) is 0 Å². The maximum absolute atomic E-state index is 3.78. The molecule has 2 nitrogen and oxygen atoms in total. The summed E-state index contributed by atoms with van der Waals surface area (Å²) in [6.07, 6.45) is 4.83. The second-order valence-electron chi connectivity index (χ2n) is 6.87. The summed E-state index contributed by atoms with van der Waals surface area (Å²) in [6.45, 7) is 14.2. The molecule has 1 heterocycles. The van der Waals surface area contributed by atoms with Crippen LogP contribution in [-0.4, -0.2) is 48.1 Å². The fraction of sp³-hybridized carbons (Fsp3) is 1.00. The van der Waals surface area contributed by atoms with E-state index >= 15 is 0 Å². The van der Waals surface area contributed by atoms with E-state index in [-0.39, 0.29) is 0 Å². The normalized spacial score (nSPS) is 27.2. The summed E-state index contributed by atoms with van der Waals surface area (Å²) >= 11 is 1.97. The highest BCUT2D eigenvalue weighted by Gasteiger charge is 2.32. The zero-order valence-electron chi connectivity index (χ0n) is 13.8. The molecular formula is C16H34N2S. The van der Waals surface area contributed by atoms with Gasteiger partial charge in [0.15, 0.2) is 0 Å². The van der Waals surface area contributed by atoms with Gasteiger partial charge in [-0.2, -0.15) is 11.8 Å². The van der Waals surface area contributed by atoms with Gasteiger partial charge in [0, 0.05) is 31.2 Å². The Kier molecular flexibility index (Phi) is 7.78. The molecule has 0 amide bonds. The van der Waals surface area contributed by atoms with Crippen LogP contribution in [0.1, 0.15) is 47.5 Å². The van der Waals surface area contributed by atoms with Crippen LogP contribution in [0, 0.1) is 11.8 Å². The van der Waals surface area contributed by atoms with Crippen molar-refractivity contribution in [3.63, 3.8) is 0 Å². The highest BCUT2D eigenvalue weighted by Crippen LogP contribution is 2.22. The van der Waals surface area contributed by atoms with Crippen molar-refractivity contribution >= 4 is 11.8 Å². The molecule has 0 aromatic heterocycles. The van der Waals surface area contributed by atoms with Gasteiger partial charge in [-0.05, 0) is 43.6 Å². The van der Waals surface area contributed by atoms with Gasteiger partial charge in [-0.25, -0.2) is 0 Å². The molecule has 1 fully saturated rings. The monoisotopic (exact) mass is 286 g/mol. The first-order chi connectivity index (χ1) is 8.95. The number of nitrogens with zero attached hydrogens (tertiary/aromatic N) is 1. The molecule has 114 valence electrons. The molecule has 3 heteroatoms. The Morgan fingerprint density at radius 3 is 2.42 bits per heavy atom. The third-order valence-corrected chi connectivity index (χ3v) is 4.95. The van der Waals surface area contributed by atoms with Gasteiger partial charge in [-0.1, -0.05) is 27.7 Å². The van der Waals surface area contributed by atoms with Crippen LogP contribution in [0.25, 0.3) is 0 Å². The summed E-state index contributed by atoms with van der Waals surface area (Å²) in [6, 6.07) is 2.11. The molecule has 0 aromatic rings. The molecule has 19 heavy (non-hydrogen) atoms. The van der Waals surface area contributed by atoms with Crippen LogP contribution >= 0.6 is 11.8 Å². The van der Waals surface area contributed by atoms with Gasteiger partial charge in [0.05, 0.1) is 0 Å². The zero-order valence-corrected chi connectivity index (χ0v) is 14.6. The molecule has 1 rings (SSSR count). The number of piperazine rings is 1. The average molecular weight is 287 g/mol. The quantitative estimate of drug-likeness (QED) is 0.771. The predicted molar refractivity (Wildman–Crippen MR) is 89.0 cm³/mol. The molecule has 0 bridgehead atoms. The van der Waals surface area contributed by atoms with E-state index in [0.29, 0.717) is 12.1 Å². The maximum Gasteiger partial charge on any atom is 0.0247 e. The fourth-order valence-electron chi connectivity index (χ4n) is 3.17. The highest BCUT2D eigenvalue weighted by atomic mass is 32.2. The molecule has 1 N–H and O–H groups in total. The molecule has 3 unspecified atom stereocenters. The van der Waals surface area contributed by atoms with Crippen molar-refractivity contribution in [2.45, 2.75) is 65.6 Å². The Morgan fingerprint density at radius 2 is 1.89 bits per heavy atom. The van der Waals surface area contributed by atoms with Crippen LogP contribution in [0.5, 0.6) is 0 Å². The zero-order chi connectivity index (χ0) is 14.4. The third kappa shape index (κ3) is 5.65. The number of rotatable bonds is 7. The van der Waals surface area contributed by atoms with Crippen molar-refractivity contribution in [3.05, 3.63) is 0 Å². The molecule has 1 aliphatic rings. The van der Waals surface area contributed by atoms with E-state index < -0.39 is 0 Å². The number of hydrogen-bond donors (Lipinski definition) is 1. The SMILES string of the molecule is CSCCC(C)N1CC(CC(C)C)NCC1C(C)C. The van der Waals surface area contributed by atoms with E-state index in [1.165, 1.54) is 31.7 Å². The summed E-state index contributed by atoms with van der Waals surface area (Å²) < 4.78 is 0. The number of thioether (sulfide) groups is 1. The lowest BCUT2D eigenvalue weighted by Crippen LogP contribution is -2.60. The molecular weight excluding hydrogens is 252 g/mol. The Hall–Kier alpha value is 0.270. The van der Waals surface area contributed by atoms with E-state index in [0.717, 1.165) is 17.9 Å². The van der Waals surface area contributed by atoms with Crippen LogP contribution in [0.2, 0.25) is 0 Å². The minimum atomic E-state index is 0.687. The van der Waals surface area contributed by atoms with Gasteiger partial charge < -0.3 is 5.32 Å². The Labute approximate surface area is 125 Å². The second kappa shape index (κ2) is 8.53. The molecule has 0 saturated carbocycles. The van der Waals surface area contributed by atoms with Gasteiger partial charge in [-0.15, -0.1) is 0 Å². The smallest absolute Gasteiger partial charge is 0.0247 e. The van der Waals surface area contributed by atoms with Gasteiger partial charge >= 0.3 is 0 Å². The molecule has 0 radical (unpaired) electrons. The van der Waals surface area contributed by atoms with Gasteiger partial charge in [-0.3, -0.25) is 4.90 Å². The summed E-state index contributed by atoms with van der Waals surface area (Å²) in [5, 5.41) is 3.78. The van der Waals surface area contributed by atoms with Gasteiger partial charge in [0.2, 0.25) is 0 Å². The summed E-state index contributed by atoms with van der Waals surface area (Å²) in [4.78, 5) is 2.78. The van der Waals surface area contributed by atoms with E-state index in [2.05, 4.69) is 51.1 Å². The number of nitrogens with one attached hydrogen (secondary N) is 1.